The van der Waals surface area contributed by atoms with Crippen molar-refractivity contribution in [3.05, 3.63) is 29.7 Å². The minimum absolute atomic E-state index is 0.0290. The monoisotopic (exact) mass is 336 g/mol. The Morgan fingerprint density at radius 1 is 1.33 bits per heavy atom. The van der Waals surface area contributed by atoms with E-state index in [-0.39, 0.29) is 24.7 Å². The molecule has 2 heterocycles. The molecule has 7 heteroatoms. The van der Waals surface area contributed by atoms with Gasteiger partial charge in [-0.3, -0.25) is 4.68 Å². The minimum atomic E-state index is -2.60. The molecular formula is C17H22F2N4O. The summed E-state index contributed by atoms with van der Waals surface area (Å²) in [4.78, 5) is 4.44. The van der Waals surface area contributed by atoms with E-state index in [4.69, 9.17) is 4.52 Å². The Labute approximate surface area is 139 Å². The third kappa shape index (κ3) is 2.96. The quantitative estimate of drug-likeness (QED) is 0.830. The van der Waals surface area contributed by atoms with Crippen LogP contribution in [0.3, 0.4) is 0 Å². The van der Waals surface area contributed by atoms with Crippen LogP contribution in [0.4, 0.5) is 8.78 Å². The van der Waals surface area contributed by atoms with Gasteiger partial charge < -0.3 is 4.52 Å². The van der Waals surface area contributed by atoms with Gasteiger partial charge in [-0.15, -0.1) is 0 Å². The maximum atomic E-state index is 13.6. The molecule has 0 amide bonds. The molecule has 2 aromatic rings. The van der Waals surface area contributed by atoms with Gasteiger partial charge in [0.25, 0.3) is 0 Å². The van der Waals surface area contributed by atoms with Crippen LogP contribution in [0.15, 0.2) is 16.9 Å². The zero-order chi connectivity index (χ0) is 16.9. The SMILES string of the molecule is CC(C)n1cc(C2CC2c2nc(C3CCCC(F)(F)C3)no2)cn1. The first-order chi connectivity index (χ1) is 11.4. The molecule has 0 saturated heterocycles. The molecule has 2 saturated carbocycles. The highest BCUT2D eigenvalue weighted by Crippen LogP contribution is 2.54. The third-order valence-corrected chi connectivity index (χ3v) is 5.15. The van der Waals surface area contributed by atoms with E-state index in [0.29, 0.717) is 36.5 Å². The fourth-order valence-electron chi connectivity index (χ4n) is 3.62. The second-order valence-corrected chi connectivity index (χ2v) is 7.44. The van der Waals surface area contributed by atoms with Crippen molar-refractivity contribution in [3.63, 3.8) is 0 Å². The summed E-state index contributed by atoms with van der Waals surface area (Å²) in [5.74, 6) is -1.31. The highest BCUT2D eigenvalue weighted by Gasteiger charge is 2.45. The lowest BCUT2D eigenvalue weighted by Gasteiger charge is -2.26. The van der Waals surface area contributed by atoms with Gasteiger partial charge >= 0.3 is 0 Å². The zero-order valence-electron chi connectivity index (χ0n) is 14.0. The van der Waals surface area contributed by atoms with Crippen LogP contribution in [-0.4, -0.2) is 25.8 Å². The van der Waals surface area contributed by atoms with Crippen molar-refractivity contribution in [1.29, 1.82) is 0 Å². The summed E-state index contributed by atoms with van der Waals surface area (Å²) in [6, 6.07) is 0.332. The molecule has 2 aliphatic carbocycles. The third-order valence-electron chi connectivity index (χ3n) is 5.15. The van der Waals surface area contributed by atoms with Gasteiger partial charge in [-0.25, -0.2) is 8.78 Å². The Kier molecular flexibility index (Phi) is 3.69. The molecule has 4 rings (SSSR count). The summed E-state index contributed by atoms with van der Waals surface area (Å²) in [6.07, 6.45) is 5.94. The van der Waals surface area contributed by atoms with Crippen LogP contribution >= 0.6 is 0 Å². The van der Waals surface area contributed by atoms with Crippen LogP contribution in [0.5, 0.6) is 0 Å². The summed E-state index contributed by atoms with van der Waals surface area (Å²) < 4.78 is 34.5. The van der Waals surface area contributed by atoms with Gasteiger partial charge in [0.15, 0.2) is 5.82 Å². The number of aromatic nitrogens is 4. The molecule has 130 valence electrons. The van der Waals surface area contributed by atoms with Gasteiger partial charge in [0.1, 0.15) is 0 Å². The van der Waals surface area contributed by atoms with Crippen molar-refractivity contribution in [2.45, 2.75) is 75.7 Å². The second-order valence-electron chi connectivity index (χ2n) is 7.44. The van der Waals surface area contributed by atoms with Crippen LogP contribution in [0.25, 0.3) is 0 Å². The van der Waals surface area contributed by atoms with Gasteiger partial charge in [-0.1, -0.05) is 5.16 Å². The van der Waals surface area contributed by atoms with Crippen LogP contribution in [0.2, 0.25) is 0 Å². The first kappa shape index (κ1) is 15.7. The summed E-state index contributed by atoms with van der Waals surface area (Å²) in [7, 11) is 0. The van der Waals surface area contributed by atoms with Gasteiger partial charge in [-0.2, -0.15) is 10.1 Å². The predicted octanol–water partition coefficient (Wildman–Crippen LogP) is 4.41. The van der Waals surface area contributed by atoms with Crippen LogP contribution in [0, 0.1) is 0 Å². The largest absolute Gasteiger partial charge is 0.339 e. The molecule has 0 aliphatic heterocycles. The van der Waals surface area contributed by atoms with Gasteiger partial charge in [0, 0.05) is 36.9 Å². The molecule has 0 bridgehead atoms. The average Bonchev–Trinajstić information content (AvgIpc) is 2.99. The van der Waals surface area contributed by atoms with Crippen molar-refractivity contribution in [3.8, 4) is 0 Å². The summed E-state index contributed by atoms with van der Waals surface area (Å²) in [6.45, 7) is 4.18. The first-order valence-corrected chi connectivity index (χ1v) is 8.68. The van der Waals surface area contributed by atoms with E-state index in [1.54, 1.807) is 0 Å². The Balaban J connectivity index is 1.44. The Morgan fingerprint density at radius 3 is 2.88 bits per heavy atom. The number of rotatable bonds is 4. The van der Waals surface area contributed by atoms with E-state index < -0.39 is 5.92 Å². The highest BCUT2D eigenvalue weighted by molar-refractivity contribution is 5.27. The minimum Gasteiger partial charge on any atom is -0.339 e. The normalized spacial score (nSPS) is 29.1. The summed E-state index contributed by atoms with van der Waals surface area (Å²) in [5, 5.41) is 8.35. The standard InChI is InChI=1S/C17H22F2N4O/c1-10(2)23-9-12(8-20-23)13-6-14(13)16-21-15(22-24-16)11-4-3-5-17(18,19)7-11/h8-11,13-14H,3-7H2,1-2H3. The number of alkyl halides is 2. The lowest BCUT2D eigenvalue weighted by molar-refractivity contribution is -0.0418. The fraction of sp³-hybridized carbons (Fsp3) is 0.706. The Bertz CT molecular complexity index is 724. The summed E-state index contributed by atoms with van der Waals surface area (Å²) in [5.41, 5.74) is 1.18. The Morgan fingerprint density at radius 2 is 2.17 bits per heavy atom. The van der Waals surface area contributed by atoms with Crippen molar-refractivity contribution in [2.24, 2.45) is 0 Å². The molecule has 5 nitrogen and oxygen atoms in total. The average molecular weight is 336 g/mol. The number of halogens is 2. The van der Waals surface area contributed by atoms with E-state index in [2.05, 4.69) is 35.3 Å². The fourth-order valence-corrected chi connectivity index (χ4v) is 3.62. The van der Waals surface area contributed by atoms with E-state index in [1.165, 1.54) is 5.56 Å². The van der Waals surface area contributed by atoms with Gasteiger partial charge in [0.2, 0.25) is 11.8 Å². The maximum Gasteiger partial charge on any atom is 0.248 e. The lowest BCUT2D eigenvalue weighted by Crippen LogP contribution is -2.25. The molecular weight excluding hydrogens is 314 g/mol. The summed E-state index contributed by atoms with van der Waals surface area (Å²) >= 11 is 0. The topological polar surface area (TPSA) is 56.7 Å². The molecule has 0 radical (unpaired) electrons. The molecule has 2 aromatic heterocycles. The van der Waals surface area contributed by atoms with E-state index >= 15 is 0 Å². The molecule has 24 heavy (non-hydrogen) atoms. The van der Waals surface area contributed by atoms with Gasteiger partial charge in [0.05, 0.1) is 6.20 Å². The second kappa shape index (κ2) is 5.63. The van der Waals surface area contributed by atoms with E-state index in [0.717, 1.165) is 6.42 Å². The highest BCUT2D eigenvalue weighted by atomic mass is 19.3. The van der Waals surface area contributed by atoms with Crippen molar-refractivity contribution >= 4 is 0 Å². The number of hydrogen-bond donors (Lipinski definition) is 0. The molecule has 0 spiro atoms. The maximum absolute atomic E-state index is 13.6. The molecule has 0 N–H and O–H groups in total. The molecule has 3 atom stereocenters. The molecule has 2 fully saturated rings. The van der Waals surface area contributed by atoms with Crippen molar-refractivity contribution in [2.75, 3.05) is 0 Å². The van der Waals surface area contributed by atoms with E-state index in [9.17, 15) is 8.78 Å². The first-order valence-electron chi connectivity index (χ1n) is 8.68. The predicted molar refractivity (Wildman–Crippen MR) is 83.2 cm³/mol. The van der Waals surface area contributed by atoms with Crippen LogP contribution < -0.4 is 0 Å². The van der Waals surface area contributed by atoms with E-state index in [1.807, 2.05) is 10.9 Å². The van der Waals surface area contributed by atoms with Crippen LogP contribution in [-0.2, 0) is 0 Å². The molecule has 2 aliphatic rings. The van der Waals surface area contributed by atoms with Gasteiger partial charge in [-0.05, 0) is 44.6 Å². The Hall–Kier alpha value is -1.79. The van der Waals surface area contributed by atoms with Crippen molar-refractivity contribution < 1.29 is 13.3 Å². The van der Waals surface area contributed by atoms with Crippen LogP contribution in [0.1, 0.15) is 87.0 Å². The number of hydrogen-bond acceptors (Lipinski definition) is 4. The zero-order valence-corrected chi connectivity index (χ0v) is 14.0. The van der Waals surface area contributed by atoms with Crippen molar-refractivity contribution in [1.82, 2.24) is 19.9 Å². The molecule has 3 unspecified atom stereocenters. The molecule has 0 aromatic carbocycles. The smallest absolute Gasteiger partial charge is 0.248 e. The lowest BCUT2D eigenvalue weighted by atomic mass is 9.86. The number of nitrogens with zero attached hydrogens (tertiary/aromatic N) is 4.